The molecule has 4 atom stereocenters. The van der Waals surface area contributed by atoms with Crippen LogP contribution in [0.2, 0.25) is 0 Å². The Labute approximate surface area is 151 Å². The molecule has 0 aliphatic carbocycles. The summed E-state index contributed by atoms with van der Waals surface area (Å²) in [7, 11) is 0. The van der Waals surface area contributed by atoms with Crippen molar-refractivity contribution in [2.24, 2.45) is 11.8 Å². The minimum Gasteiger partial charge on any atom is -0.457 e. The van der Waals surface area contributed by atoms with Gasteiger partial charge >= 0.3 is 5.97 Å². The summed E-state index contributed by atoms with van der Waals surface area (Å²) in [6.45, 7) is 12.0. The quantitative estimate of drug-likeness (QED) is 0.367. The fourth-order valence-corrected chi connectivity index (χ4v) is 2.47. The van der Waals surface area contributed by atoms with Crippen LogP contribution in [0.15, 0.2) is 0 Å². The lowest BCUT2D eigenvalue weighted by atomic mass is 9.88. The van der Waals surface area contributed by atoms with Crippen LogP contribution >= 0.6 is 0 Å². The van der Waals surface area contributed by atoms with Gasteiger partial charge in [0.25, 0.3) is 0 Å². The fourth-order valence-electron chi connectivity index (χ4n) is 2.47. The maximum absolute atomic E-state index is 11.3. The van der Waals surface area contributed by atoms with Crippen LogP contribution in [0.5, 0.6) is 0 Å². The van der Waals surface area contributed by atoms with E-state index in [2.05, 4.69) is 20.8 Å². The molecular weight excluding hydrogens is 328 g/mol. The lowest BCUT2D eigenvalue weighted by molar-refractivity contribution is -0.252. The van der Waals surface area contributed by atoms with E-state index in [1.807, 2.05) is 0 Å². The Morgan fingerprint density at radius 3 is 2.08 bits per heavy atom. The third-order valence-corrected chi connectivity index (χ3v) is 4.11. The van der Waals surface area contributed by atoms with Gasteiger partial charge in [0.2, 0.25) is 0 Å². The van der Waals surface area contributed by atoms with Crippen molar-refractivity contribution in [2.45, 2.75) is 46.5 Å². The van der Waals surface area contributed by atoms with Crippen molar-refractivity contribution in [3.05, 3.63) is 0 Å². The monoisotopic (exact) mass is 362 g/mol. The summed E-state index contributed by atoms with van der Waals surface area (Å²) in [5, 5.41) is 0. The standard InChI is InChI=1S/C18H34O7/c1-5-6-20-7-8-21-9-10-22-11-12-23-18-17(25-16(4)19)15(3)14(2)13-24-18/h14-15,17-18H,5-13H2,1-4H3/t14-,15+,17?,18-/m1/s1. The number of rotatable bonds is 13. The van der Waals surface area contributed by atoms with E-state index in [1.165, 1.54) is 6.92 Å². The molecule has 0 saturated carbocycles. The van der Waals surface area contributed by atoms with Gasteiger partial charge in [-0.2, -0.15) is 0 Å². The van der Waals surface area contributed by atoms with Crippen LogP contribution in [-0.4, -0.2) is 71.2 Å². The van der Waals surface area contributed by atoms with Crippen molar-refractivity contribution < 1.29 is 33.2 Å². The van der Waals surface area contributed by atoms with Crippen LogP contribution in [0.25, 0.3) is 0 Å². The molecule has 25 heavy (non-hydrogen) atoms. The second-order valence-corrected chi connectivity index (χ2v) is 6.32. The van der Waals surface area contributed by atoms with Crippen molar-refractivity contribution in [2.75, 3.05) is 52.9 Å². The lowest BCUT2D eigenvalue weighted by Gasteiger charge is -2.38. The molecule has 148 valence electrons. The largest absolute Gasteiger partial charge is 0.457 e. The third kappa shape index (κ3) is 9.51. The smallest absolute Gasteiger partial charge is 0.303 e. The zero-order valence-corrected chi connectivity index (χ0v) is 16.0. The van der Waals surface area contributed by atoms with Crippen molar-refractivity contribution in [3.63, 3.8) is 0 Å². The topological polar surface area (TPSA) is 72.5 Å². The minimum atomic E-state index is -0.536. The van der Waals surface area contributed by atoms with E-state index in [9.17, 15) is 4.79 Å². The molecule has 1 aliphatic heterocycles. The molecule has 0 radical (unpaired) electrons. The van der Waals surface area contributed by atoms with Crippen molar-refractivity contribution in [1.82, 2.24) is 0 Å². The SMILES string of the molecule is CCCOCCOCCOCCO[C@@H]1OC[C@@H](C)[C@H](C)C1OC(C)=O. The highest BCUT2D eigenvalue weighted by Gasteiger charge is 2.38. The molecule has 0 spiro atoms. The van der Waals surface area contributed by atoms with E-state index in [0.717, 1.165) is 13.0 Å². The van der Waals surface area contributed by atoms with Gasteiger partial charge in [0, 0.05) is 19.4 Å². The Morgan fingerprint density at radius 1 is 0.960 bits per heavy atom. The van der Waals surface area contributed by atoms with Gasteiger partial charge in [-0.3, -0.25) is 4.79 Å². The lowest BCUT2D eigenvalue weighted by Crippen LogP contribution is -2.48. The first-order valence-corrected chi connectivity index (χ1v) is 9.19. The van der Waals surface area contributed by atoms with E-state index >= 15 is 0 Å². The van der Waals surface area contributed by atoms with Gasteiger partial charge in [-0.05, 0) is 12.3 Å². The average Bonchev–Trinajstić information content (AvgIpc) is 2.58. The van der Waals surface area contributed by atoms with Gasteiger partial charge in [0.15, 0.2) is 12.4 Å². The maximum atomic E-state index is 11.3. The molecule has 7 heteroatoms. The predicted molar refractivity (Wildman–Crippen MR) is 92.3 cm³/mol. The van der Waals surface area contributed by atoms with Crippen molar-refractivity contribution in [1.29, 1.82) is 0 Å². The zero-order valence-electron chi connectivity index (χ0n) is 16.0. The highest BCUT2D eigenvalue weighted by Crippen LogP contribution is 2.28. The first-order valence-electron chi connectivity index (χ1n) is 9.19. The maximum Gasteiger partial charge on any atom is 0.303 e. The molecule has 1 fully saturated rings. The molecule has 1 unspecified atom stereocenters. The van der Waals surface area contributed by atoms with E-state index in [1.54, 1.807) is 0 Å². The number of hydrogen-bond acceptors (Lipinski definition) is 7. The summed E-state index contributed by atoms with van der Waals surface area (Å²) in [4.78, 5) is 11.3. The van der Waals surface area contributed by atoms with Crippen molar-refractivity contribution in [3.8, 4) is 0 Å². The van der Waals surface area contributed by atoms with E-state index in [4.69, 9.17) is 28.4 Å². The molecule has 0 aromatic carbocycles. The Kier molecular flexibility index (Phi) is 12.0. The molecule has 7 nitrogen and oxygen atoms in total. The molecule has 1 heterocycles. The molecule has 0 bridgehead atoms. The highest BCUT2D eigenvalue weighted by molar-refractivity contribution is 5.66. The molecular formula is C18H34O7. The first-order chi connectivity index (χ1) is 12.1. The normalized spacial score (nSPS) is 26.6. The van der Waals surface area contributed by atoms with Gasteiger partial charge in [0.1, 0.15) is 0 Å². The second kappa shape index (κ2) is 13.5. The number of ether oxygens (including phenoxy) is 6. The van der Waals surface area contributed by atoms with Crippen LogP contribution in [0.4, 0.5) is 0 Å². The molecule has 0 aromatic rings. The average molecular weight is 362 g/mol. The van der Waals surface area contributed by atoms with Crippen LogP contribution in [0, 0.1) is 11.8 Å². The molecule has 0 amide bonds. The van der Waals surface area contributed by atoms with Gasteiger partial charge in [-0.1, -0.05) is 20.8 Å². The first kappa shape index (κ1) is 22.3. The predicted octanol–water partition coefficient (Wildman–Crippen LogP) is 2.02. The minimum absolute atomic E-state index is 0.187. The number of carbonyl (C=O) groups is 1. The third-order valence-electron chi connectivity index (χ3n) is 4.11. The van der Waals surface area contributed by atoms with Gasteiger partial charge < -0.3 is 28.4 Å². The van der Waals surface area contributed by atoms with Crippen LogP contribution in [0.3, 0.4) is 0 Å². The van der Waals surface area contributed by atoms with E-state index < -0.39 is 6.29 Å². The summed E-state index contributed by atoms with van der Waals surface area (Å²) >= 11 is 0. The Hall–Kier alpha value is -0.730. The van der Waals surface area contributed by atoms with E-state index in [0.29, 0.717) is 52.2 Å². The van der Waals surface area contributed by atoms with Gasteiger partial charge in [-0.25, -0.2) is 0 Å². The van der Waals surface area contributed by atoms with Gasteiger partial charge in [-0.15, -0.1) is 0 Å². The number of hydrogen-bond donors (Lipinski definition) is 0. The second-order valence-electron chi connectivity index (χ2n) is 6.32. The summed E-state index contributed by atoms with van der Waals surface area (Å²) in [6.07, 6.45) is 0.0995. The molecule has 0 N–H and O–H groups in total. The summed E-state index contributed by atoms with van der Waals surface area (Å²) in [5.41, 5.74) is 0. The molecule has 0 aromatic heterocycles. The Bertz CT molecular complexity index is 350. The summed E-state index contributed by atoms with van der Waals surface area (Å²) in [6, 6.07) is 0. The molecule has 1 aliphatic rings. The van der Waals surface area contributed by atoms with Crippen molar-refractivity contribution >= 4 is 5.97 Å². The molecule has 1 rings (SSSR count). The van der Waals surface area contributed by atoms with Crippen LogP contribution in [0.1, 0.15) is 34.1 Å². The van der Waals surface area contributed by atoms with E-state index in [-0.39, 0.29) is 18.0 Å². The molecule has 1 saturated heterocycles. The fraction of sp³-hybridized carbons (Fsp3) is 0.944. The zero-order chi connectivity index (χ0) is 18.5. The number of esters is 1. The summed E-state index contributed by atoms with van der Waals surface area (Å²) in [5.74, 6) is 0.185. The highest BCUT2D eigenvalue weighted by atomic mass is 16.7. The Morgan fingerprint density at radius 2 is 1.52 bits per heavy atom. The Balaban J connectivity index is 2.08. The van der Waals surface area contributed by atoms with Crippen LogP contribution < -0.4 is 0 Å². The summed E-state index contributed by atoms with van der Waals surface area (Å²) < 4.78 is 32.9. The number of carbonyl (C=O) groups excluding carboxylic acids is 1. The van der Waals surface area contributed by atoms with Gasteiger partial charge in [0.05, 0.1) is 46.2 Å². The van der Waals surface area contributed by atoms with Crippen LogP contribution in [-0.2, 0) is 33.2 Å².